The van der Waals surface area contributed by atoms with Gasteiger partial charge in [0.2, 0.25) is 0 Å². The van der Waals surface area contributed by atoms with E-state index in [9.17, 15) is 18.3 Å². The molecule has 0 spiro atoms. The van der Waals surface area contributed by atoms with Gasteiger partial charge in [-0.05, 0) is 26.7 Å². The predicted molar refractivity (Wildman–Crippen MR) is 77.6 cm³/mol. The Bertz CT molecular complexity index is 426. The van der Waals surface area contributed by atoms with Crippen LogP contribution in [0.25, 0.3) is 0 Å². The second kappa shape index (κ2) is 6.87. The van der Waals surface area contributed by atoms with Crippen molar-refractivity contribution >= 4 is 16.2 Å². The summed E-state index contributed by atoms with van der Waals surface area (Å²) >= 11 is 0. The molecule has 1 aliphatic carbocycles. The molecule has 0 bridgehead atoms. The molecule has 0 atom stereocenters. The molecule has 0 aromatic rings. The van der Waals surface area contributed by atoms with Gasteiger partial charge in [0.25, 0.3) is 10.2 Å². The molecule has 0 saturated heterocycles. The van der Waals surface area contributed by atoms with E-state index in [-0.39, 0.29) is 12.6 Å². The fourth-order valence-electron chi connectivity index (χ4n) is 2.48. The van der Waals surface area contributed by atoms with Gasteiger partial charge in [-0.1, -0.05) is 25.7 Å². The van der Waals surface area contributed by atoms with Crippen molar-refractivity contribution in [2.24, 2.45) is 5.41 Å². The fourth-order valence-corrected chi connectivity index (χ4v) is 3.70. The van der Waals surface area contributed by atoms with Gasteiger partial charge in [0.1, 0.15) is 0 Å². The molecule has 0 aromatic carbocycles. The summed E-state index contributed by atoms with van der Waals surface area (Å²) in [5.41, 5.74) is -0.957. The van der Waals surface area contributed by atoms with Crippen molar-refractivity contribution in [2.75, 3.05) is 13.6 Å². The van der Waals surface area contributed by atoms with Crippen LogP contribution < -0.4 is 4.72 Å². The van der Waals surface area contributed by atoms with E-state index >= 15 is 0 Å². The summed E-state index contributed by atoms with van der Waals surface area (Å²) in [5.74, 6) is -0.894. The van der Waals surface area contributed by atoms with E-state index < -0.39 is 21.6 Å². The quantitative estimate of drug-likeness (QED) is 0.730. The van der Waals surface area contributed by atoms with Crippen LogP contribution in [0.2, 0.25) is 0 Å². The van der Waals surface area contributed by atoms with Gasteiger partial charge in [0.05, 0.1) is 5.41 Å². The topological polar surface area (TPSA) is 86.7 Å². The Morgan fingerprint density at radius 3 is 2.15 bits per heavy atom. The highest BCUT2D eigenvalue weighted by Crippen LogP contribution is 2.35. The van der Waals surface area contributed by atoms with Gasteiger partial charge in [0, 0.05) is 19.6 Å². The molecule has 0 aromatic heterocycles. The molecule has 0 radical (unpaired) electrons. The van der Waals surface area contributed by atoms with Crippen molar-refractivity contribution in [3.63, 3.8) is 0 Å². The van der Waals surface area contributed by atoms with Crippen LogP contribution in [0.4, 0.5) is 0 Å². The number of rotatable bonds is 6. The zero-order valence-electron chi connectivity index (χ0n) is 12.6. The highest BCUT2D eigenvalue weighted by Gasteiger charge is 2.40. The van der Waals surface area contributed by atoms with Gasteiger partial charge >= 0.3 is 5.97 Å². The summed E-state index contributed by atoms with van der Waals surface area (Å²) in [7, 11) is -2.13. The largest absolute Gasteiger partial charge is 0.481 e. The molecule has 7 heteroatoms. The Labute approximate surface area is 121 Å². The Balaban J connectivity index is 2.80. The van der Waals surface area contributed by atoms with Crippen molar-refractivity contribution in [3.8, 4) is 0 Å². The first-order valence-electron chi connectivity index (χ1n) is 7.17. The Morgan fingerprint density at radius 2 is 1.75 bits per heavy atom. The van der Waals surface area contributed by atoms with Crippen LogP contribution >= 0.6 is 0 Å². The first-order chi connectivity index (χ1) is 9.21. The molecule has 2 N–H and O–H groups in total. The van der Waals surface area contributed by atoms with Crippen molar-refractivity contribution in [3.05, 3.63) is 0 Å². The molecular formula is C13H26N2O4S. The maximum absolute atomic E-state index is 12.1. The number of carboxylic acids is 1. The Kier molecular flexibility index (Phi) is 5.97. The Hall–Kier alpha value is -0.660. The number of hydrogen-bond acceptors (Lipinski definition) is 3. The van der Waals surface area contributed by atoms with Crippen LogP contribution in [-0.2, 0) is 15.0 Å². The van der Waals surface area contributed by atoms with Gasteiger partial charge in [0.15, 0.2) is 0 Å². The zero-order chi connectivity index (χ0) is 15.4. The molecule has 1 fully saturated rings. The van der Waals surface area contributed by atoms with Gasteiger partial charge in [-0.25, -0.2) is 4.72 Å². The van der Waals surface area contributed by atoms with Crippen molar-refractivity contribution in [1.82, 2.24) is 9.03 Å². The average Bonchev–Trinajstić information content (AvgIpc) is 2.62. The molecule has 0 heterocycles. The number of nitrogens with zero attached hydrogens (tertiary/aromatic N) is 1. The monoisotopic (exact) mass is 306 g/mol. The van der Waals surface area contributed by atoms with Crippen LogP contribution in [0.3, 0.4) is 0 Å². The smallest absolute Gasteiger partial charge is 0.310 e. The molecule has 0 aliphatic heterocycles. The summed E-state index contributed by atoms with van der Waals surface area (Å²) in [4.78, 5) is 11.6. The van der Waals surface area contributed by atoms with Gasteiger partial charge < -0.3 is 5.11 Å². The predicted octanol–water partition coefficient (Wildman–Crippen LogP) is 1.59. The normalized spacial score (nSPS) is 20.1. The lowest BCUT2D eigenvalue weighted by atomic mass is 9.80. The summed E-state index contributed by atoms with van der Waals surface area (Å²) in [6.07, 6.45) is 4.80. The van der Waals surface area contributed by atoms with E-state index in [1.54, 1.807) is 13.8 Å². The molecule has 1 rings (SSSR count). The number of nitrogens with one attached hydrogen (secondary N) is 1. The van der Waals surface area contributed by atoms with Crippen molar-refractivity contribution < 1.29 is 18.3 Å². The van der Waals surface area contributed by atoms with Crippen LogP contribution in [0, 0.1) is 5.41 Å². The third kappa shape index (κ3) is 4.17. The number of carbonyl (C=O) groups is 1. The molecule has 1 aliphatic rings. The molecular weight excluding hydrogens is 280 g/mol. The molecule has 20 heavy (non-hydrogen) atoms. The maximum Gasteiger partial charge on any atom is 0.310 e. The molecule has 0 unspecified atom stereocenters. The second-order valence-electron chi connectivity index (χ2n) is 5.94. The third-order valence-corrected chi connectivity index (χ3v) is 5.90. The van der Waals surface area contributed by atoms with E-state index in [0.717, 1.165) is 25.7 Å². The highest BCUT2D eigenvalue weighted by molar-refractivity contribution is 7.87. The van der Waals surface area contributed by atoms with E-state index in [1.165, 1.54) is 11.4 Å². The van der Waals surface area contributed by atoms with E-state index in [4.69, 9.17) is 0 Å². The third-order valence-electron chi connectivity index (χ3n) is 4.21. The molecule has 1 saturated carbocycles. The lowest BCUT2D eigenvalue weighted by Gasteiger charge is -2.30. The van der Waals surface area contributed by atoms with Crippen LogP contribution in [0.15, 0.2) is 0 Å². The number of carboxylic acid groups (broad SMARTS) is 1. The first-order valence-corrected chi connectivity index (χ1v) is 8.61. The fraction of sp³-hybridized carbons (Fsp3) is 0.923. The number of hydrogen-bond donors (Lipinski definition) is 2. The lowest BCUT2D eigenvalue weighted by molar-refractivity contribution is -0.149. The lowest BCUT2D eigenvalue weighted by Crippen LogP contribution is -2.48. The van der Waals surface area contributed by atoms with Gasteiger partial charge in [-0.15, -0.1) is 0 Å². The van der Waals surface area contributed by atoms with Crippen LogP contribution in [0.5, 0.6) is 0 Å². The van der Waals surface area contributed by atoms with E-state index in [2.05, 4.69) is 4.72 Å². The number of aliphatic carboxylic acids is 1. The van der Waals surface area contributed by atoms with Gasteiger partial charge in [-0.2, -0.15) is 12.7 Å². The standard InChI is InChI=1S/C13H26N2O4S/c1-11(2)15(3)20(18,19)14-10-13(12(16)17)8-6-4-5-7-9-13/h11,14H,4-10H2,1-3H3,(H,16,17). The molecule has 0 amide bonds. The summed E-state index contributed by atoms with van der Waals surface area (Å²) < 4.78 is 27.9. The minimum Gasteiger partial charge on any atom is -0.481 e. The second-order valence-corrected chi connectivity index (χ2v) is 7.75. The van der Waals surface area contributed by atoms with E-state index in [0.29, 0.717) is 12.8 Å². The summed E-state index contributed by atoms with van der Waals surface area (Å²) in [6.45, 7) is 3.53. The Morgan fingerprint density at radius 1 is 1.25 bits per heavy atom. The summed E-state index contributed by atoms with van der Waals surface area (Å²) in [5, 5.41) is 9.51. The first kappa shape index (κ1) is 17.4. The maximum atomic E-state index is 12.1. The average molecular weight is 306 g/mol. The van der Waals surface area contributed by atoms with Crippen molar-refractivity contribution in [1.29, 1.82) is 0 Å². The highest BCUT2D eigenvalue weighted by atomic mass is 32.2. The van der Waals surface area contributed by atoms with Crippen LogP contribution in [0.1, 0.15) is 52.4 Å². The zero-order valence-corrected chi connectivity index (χ0v) is 13.4. The van der Waals surface area contributed by atoms with Gasteiger partial charge in [-0.3, -0.25) is 4.79 Å². The van der Waals surface area contributed by atoms with E-state index in [1.807, 2.05) is 0 Å². The van der Waals surface area contributed by atoms with Crippen molar-refractivity contribution in [2.45, 2.75) is 58.4 Å². The minimum atomic E-state index is -3.62. The van der Waals surface area contributed by atoms with Crippen LogP contribution in [-0.4, -0.2) is 43.4 Å². The summed E-state index contributed by atoms with van der Waals surface area (Å²) in [6, 6.07) is -0.164. The minimum absolute atomic E-state index is 0.0261. The molecule has 118 valence electrons. The SMILES string of the molecule is CC(C)N(C)S(=O)(=O)NCC1(C(=O)O)CCCCCC1. The molecule has 6 nitrogen and oxygen atoms in total.